The Labute approximate surface area is 173 Å². The minimum absolute atomic E-state index is 0.299. The zero-order chi connectivity index (χ0) is 21.3. The quantitative estimate of drug-likeness (QED) is 0.427. The number of fused-ring (bicyclic) bond motifs is 1. The third kappa shape index (κ3) is 3.53. The molecule has 0 radical (unpaired) electrons. The Balaban J connectivity index is 1.55. The number of rotatable bonds is 4. The molecular weight excluding hydrogens is 380 g/mol. The maximum absolute atomic E-state index is 12.4. The maximum atomic E-state index is 12.4. The number of aryl methyl sites for hydroxylation is 1. The van der Waals surface area contributed by atoms with Gasteiger partial charge in [-0.05, 0) is 66.4 Å². The van der Waals surface area contributed by atoms with Crippen LogP contribution in [0.5, 0.6) is 5.75 Å². The third-order valence-electron chi connectivity index (χ3n) is 5.14. The monoisotopic (exact) mass is 402 g/mol. The highest BCUT2D eigenvalue weighted by Gasteiger charge is 2.16. The van der Waals surface area contributed by atoms with Gasteiger partial charge < -0.3 is 25.6 Å². The number of amides is 2. The van der Waals surface area contributed by atoms with Crippen LogP contribution in [0, 0.1) is 13.8 Å². The molecule has 1 aromatic heterocycles. The Morgan fingerprint density at radius 3 is 2.53 bits per heavy atom. The summed E-state index contributed by atoms with van der Waals surface area (Å²) in [5.74, 6) is 0.869. The summed E-state index contributed by atoms with van der Waals surface area (Å²) in [6.07, 6.45) is 0. The van der Waals surface area contributed by atoms with Gasteiger partial charge in [0.1, 0.15) is 0 Å². The SMILES string of the molecule is COc1ccc(-c2ccc(NC(=O)Nc3cccc(C)c3C)cc2)c2c(N)noc12. The summed E-state index contributed by atoms with van der Waals surface area (Å²) in [7, 11) is 1.57. The summed E-state index contributed by atoms with van der Waals surface area (Å²) in [5.41, 5.74) is 11.9. The van der Waals surface area contributed by atoms with Gasteiger partial charge in [-0.3, -0.25) is 0 Å². The molecule has 0 saturated carbocycles. The van der Waals surface area contributed by atoms with Crippen LogP contribution >= 0.6 is 0 Å². The number of carbonyl (C=O) groups is 1. The molecule has 0 aliphatic heterocycles. The fourth-order valence-electron chi connectivity index (χ4n) is 3.35. The van der Waals surface area contributed by atoms with Crippen molar-refractivity contribution in [2.24, 2.45) is 0 Å². The topological polar surface area (TPSA) is 102 Å². The van der Waals surface area contributed by atoms with Gasteiger partial charge in [0.15, 0.2) is 11.6 Å². The molecule has 0 atom stereocenters. The lowest BCUT2D eigenvalue weighted by Gasteiger charge is -2.12. The highest BCUT2D eigenvalue weighted by Crippen LogP contribution is 2.38. The largest absolute Gasteiger partial charge is 0.493 e. The van der Waals surface area contributed by atoms with Crippen LogP contribution in [0.25, 0.3) is 22.1 Å². The number of ether oxygens (including phenoxy) is 1. The number of hydrogen-bond acceptors (Lipinski definition) is 5. The van der Waals surface area contributed by atoms with Crippen LogP contribution in [-0.2, 0) is 0 Å². The number of aromatic nitrogens is 1. The van der Waals surface area contributed by atoms with Crippen molar-refractivity contribution in [3.05, 3.63) is 65.7 Å². The number of nitrogens with two attached hydrogens (primary N) is 1. The zero-order valence-corrected chi connectivity index (χ0v) is 16.9. The molecule has 0 aliphatic rings. The van der Waals surface area contributed by atoms with Crippen LogP contribution in [-0.4, -0.2) is 18.3 Å². The smallest absolute Gasteiger partial charge is 0.323 e. The molecule has 0 fully saturated rings. The second kappa shape index (κ2) is 7.79. The molecule has 2 amide bonds. The predicted molar refractivity (Wildman–Crippen MR) is 119 cm³/mol. The van der Waals surface area contributed by atoms with Crippen molar-refractivity contribution in [3.8, 4) is 16.9 Å². The van der Waals surface area contributed by atoms with Gasteiger partial charge in [0.05, 0.1) is 12.5 Å². The molecule has 0 bridgehead atoms. The first-order valence-corrected chi connectivity index (χ1v) is 9.44. The van der Waals surface area contributed by atoms with E-state index in [4.69, 9.17) is 15.0 Å². The molecule has 0 spiro atoms. The van der Waals surface area contributed by atoms with Crippen LogP contribution < -0.4 is 21.1 Å². The number of carbonyl (C=O) groups excluding carboxylic acids is 1. The van der Waals surface area contributed by atoms with E-state index in [2.05, 4.69) is 15.8 Å². The Bertz CT molecular complexity index is 1230. The molecular formula is C23H22N4O3. The number of nitrogen functional groups attached to an aromatic ring is 1. The van der Waals surface area contributed by atoms with Gasteiger partial charge in [0, 0.05) is 11.4 Å². The second-order valence-electron chi connectivity index (χ2n) is 6.99. The van der Waals surface area contributed by atoms with Gasteiger partial charge in [0.2, 0.25) is 5.58 Å². The number of nitrogens with one attached hydrogen (secondary N) is 2. The minimum Gasteiger partial charge on any atom is -0.493 e. The predicted octanol–water partition coefficient (Wildman–Crippen LogP) is 5.35. The lowest BCUT2D eigenvalue weighted by Crippen LogP contribution is -2.20. The van der Waals surface area contributed by atoms with Crippen molar-refractivity contribution < 1.29 is 14.1 Å². The van der Waals surface area contributed by atoms with E-state index in [0.717, 1.165) is 27.9 Å². The van der Waals surface area contributed by atoms with Crippen molar-refractivity contribution in [1.82, 2.24) is 5.16 Å². The van der Waals surface area contributed by atoms with Crippen LogP contribution in [0.3, 0.4) is 0 Å². The lowest BCUT2D eigenvalue weighted by molar-refractivity contribution is 0.262. The van der Waals surface area contributed by atoms with Gasteiger partial charge in [-0.1, -0.05) is 29.4 Å². The normalized spacial score (nSPS) is 10.8. The van der Waals surface area contributed by atoms with E-state index in [1.807, 2.05) is 68.4 Å². The molecule has 4 rings (SSSR count). The van der Waals surface area contributed by atoms with Gasteiger partial charge in [-0.25, -0.2) is 4.79 Å². The molecule has 0 unspecified atom stereocenters. The fraction of sp³-hybridized carbons (Fsp3) is 0.130. The molecule has 152 valence electrons. The molecule has 7 nitrogen and oxygen atoms in total. The fourth-order valence-corrected chi connectivity index (χ4v) is 3.35. The number of nitrogens with zero attached hydrogens (tertiary/aromatic N) is 1. The summed E-state index contributed by atoms with van der Waals surface area (Å²) >= 11 is 0. The van der Waals surface area contributed by atoms with Gasteiger partial charge in [0.25, 0.3) is 0 Å². The maximum Gasteiger partial charge on any atom is 0.323 e. The molecule has 0 aliphatic carbocycles. The standard InChI is InChI=1S/C23H22N4O3/c1-13-5-4-6-18(14(13)2)26-23(28)25-16-9-7-15(8-10-16)17-11-12-19(29-3)21-20(17)22(24)27-30-21/h4-12H,1-3H3,(H2,24,27)(H2,25,26,28). The van der Waals surface area contributed by atoms with E-state index in [9.17, 15) is 4.79 Å². The lowest BCUT2D eigenvalue weighted by atomic mass is 10.0. The zero-order valence-electron chi connectivity index (χ0n) is 16.9. The van der Waals surface area contributed by atoms with Crippen LogP contribution in [0.1, 0.15) is 11.1 Å². The first kappa shape index (κ1) is 19.3. The summed E-state index contributed by atoms with van der Waals surface area (Å²) in [6, 6.07) is 16.7. The Morgan fingerprint density at radius 2 is 1.80 bits per heavy atom. The summed E-state index contributed by atoms with van der Waals surface area (Å²) in [4.78, 5) is 12.4. The van der Waals surface area contributed by atoms with E-state index < -0.39 is 0 Å². The number of anilines is 3. The summed E-state index contributed by atoms with van der Waals surface area (Å²) < 4.78 is 10.6. The Morgan fingerprint density at radius 1 is 1.03 bits per heavy atom. The molecule has 0 saturated heterocycles. The highest BCUT2D eigenvalue weighted by molar-refractivity contribution is 6.04. The average molecular weight is 402 g/mol. The number of urea groups is 1. The van der Waals surface area contributed by atoms with Crippen molar-refractivity contribution in [1.29, 1.82) is 0 Å². The first-order chi connectivity index (χ1) is 14.5. The van der Waals surface area contributed by atoms with Crippen LogP contribution in [0.4, 0.5) is 22.0 Å². The van der Waals surface area contributed by atoms with Crippen molar-refractivity contribution in [3.63, 3.8) is 0 Å². The number of hydrogen-bond donors (Lipinski definition) is 3. The molecule has 7 heteroatoms. The number of methoxy groups -OCH3 is 1. The van der Waals surface area contributed by atoms with Crippen molar-refractivity contribution in [2.75, 3.05) is 23.5 Å². The van der Waals surface area contributed by atoms with E-state index in [1.54, 1.807) is 7.11 Å². The van der Waals surface area contributed by atoms with E-state index >= 15 is 0 Å². The second-order valence-corrected chi connectivity index (χ2v) is 6.99. The van der Waals surface area contributed by atoms with Gasteiger partial charge >= 0.3 is 6.03 Å². The molecule has 30 heavy (non-hydrogen) atoms. The molecule has 4 aromatic rings. The molecule has 3 aromatic carbocycles. The average Bonchev–Trinajstić information content (AvgIpc) is 3.13. The molecule has 4 N–H and O–H groups in total. The Kier molecular flexibility index (Phi) is 5.02. The minimum atomic E-state index is -0.299. The number of benzene rings is 3. The van der Waals surface area contributed by atoms with Gasteiger partial charge in [-0.2, -0.15) is 0 Å². The van der Waals surface area contributed by atoms with Crippen molar-refractivity contribution in [2.45, 2.75) is 13.8 Å². The van der Waals surface area contributed by atoms with Crippen molar-refractivity contribution >= 4 is 34.2 Å². The third-order valence-corrected chi connectivity index (χ3v) is 5.14. The molecule has 1 heterocycles. The first-order valence-electron chi connectivity index (χ1n) is 9.44. The van der Waals surface area contributed by atoms with E-state index in [0.29, 0.717) is 28.2 Å². The Hall–Kier alpha value is -4.00. The van der Waals surface area contributed by atoms with E-state index in [1.165, 1.54) is 0 Å². The summed E-state index contributed by atoms with van der Waals surface area (Å²) in [6.45, 7) is 3.99. The van der Waals surface area contributed by atoms with Crippen LogP contribution in [0.15, 0.2) is 59.1 Å². The van der Waals surface area contributed by atoms with E-state index in [-0.39, 0.29) is 6.03 Å². The highest BCUT2D eigenvalue weighted by atomic mass is 16.5. The summed E-state index contributed by atoms with van der Waals surface area (Å²) in [5, 5.41) is 10.3. The van der Waals surface area contributed by atoms with Crippen LogP contribution in [0.2, 0.25) is 0 Å². The van der Waals surface area contributed by atoms with Gasteiger partial charge in [-0.15, -0.1) is 0 Å².